The topological polar surface area (TPSA) is 50.4 Å². The van der Waals surface area contributed by atoms with Crippen molar-refractivity contribution in [1.82, 2.24) is 10.6 Å². The average molecular weight is 293 g/mol. The van der Waals surface area contributed by atoms with Crippen molar-refractivity contribution in [3.63, 3.8) is 0 Å². The maximum Gasteiger partial charge on any atom is 0.248 e. The van der Waals surface area contributed by atoms with Gasteiger partial charge in [-0.2, -0.15) is 0 Å². The van der Waals surface area contributed by atoms with Gasteiger partial charge in [-0.05, 0) is 44.7 Å². The van der Waals surface area contributed by atoms with Gasteiger partial charge < -0.3 is 15.4 Å². The summed E-state index contributed by atoms with van der Waals surface area (Å²) in [4.78, 5) is 11.9. The Morgan fingerprint density at radius 2 is 2.05 bits per heavy atom. The molecular formula is C14H29ClN2O2. The number of carbonyl (C=O) groups is 1. The Kier molecular flexibility index (Phi) is 9.40. The van der Waals surface area contributed by atoms with Crippen molar-refractivity contribution in [1.29, 1.82) is 0 Å². The molecule has 0 aromatic heterocycles. The van der Waals surface area contributed by atoms with E-state index < -0.39 is 0 Å². The summed E-state index contributed by atoms with van der Waals surface area (Å²) in [7, 11) is 0. The highest BCUT2D eigenvalue weighted by atomic mass is 35.5. The molecular weight excluding hydrogens is 264 g/mol. The van der Waals surface area contributed by atoms with E-state index in [-0.39, 0.29) is 29.8 Å². The summed E-state index contributed by atoms with van der Waals surface area (Å²) >= 11 is 0. The molecule has 19 heavy (non-hydrogen) atoms. The van der Waals surface area contributed by atoms with Gasteiger partial charge in [0.2, 0.25) is 5.91 Å². The fourth-order valence-corrected chi connectivity index (χ4v) is 2.13. The van der Waals surface area contributed by atoms with Gasteiger partial charge in [-0.15, -0.1) is 12.4 Å². The molecule has 1 aliphatic heterocycles. The van der Waals surface area contributed by atoms with Gasteiger partial charge in [0.1, 0.15) is 6.10 Å². The Hall–Kier alpha value is -0.320. The molecule has 2 N–H and O–H groups in total. The molecule has 1 rings (SSSR count). The first-order valence-electron chi connectivity index (χ1n) is 7.17. The first-order valence-corrected chi connectivity index (χ1v) is 7.17. The number of unbranched alkanes of at least 4 members (excludes halogenated alkanes) is 1. The fourth-order valence-electron chi connectivity index (χ4n) is 2.13. The van der Waals surface area contributed by atoms with Crippen molar-refractivity contribution in [3.05, 3.63) is 0 Å². The van der Waals surface area contributed by atoms with Crippen molar-refractivity contribution in [2.75, 3.05) is 26.2 Å². The first-order chi connectivity index (χ1) is 8.57. The molecule has 0 radical (unpaired) electrons. The van der Waals surface area contributed by atoms with E-state index in [9.17, 15) is 4.79 Å². The van der Waals surface area contributed by atoms with Crippen LogP contribution in [0.2, 0.25) is 0 Å². The molecule has 4 nitrogen and oxygen atoms in total. The molecule has 0 spiro atoms. The largest absolute Gasteiger partial charge is 0.369 e. The highest BCUT2D eigenvalue weighted by molar-refractivity contribution is 5.85. The van der Waals surface area contributed by atoms with Crippen LogP contribution in [0.3, 0.4) is 0 Å². The fraction of sp³-hybridized carbons (Fsp3) is 0.929. The molecule has 0 saturated carbocycles. The van der Waals surface area contributed by atoms with Gasteiger partial charge in [0.15, 0.2) is 0 Å². The summed E-state index contributed by atoms with van der Waals surface area (Å²) in [6, 6.07) is 0. The number of amides is 1. The van der Waals surface area contributed by atoms with Crippen LogP contribution >= 0.6 is 12.4 Å². The molecule has 1 amide bonds. The van der Waals surface area contributed by atoms with Gasteiger partial charge in [-0.25, -0.2) is 0 Å². The number of rotatable bonds is 7. The van der Waals surface area contributed by atoms with E-state index in [2.05, 4.69) is 24.5 Å². The Labute approximate surface area is 123 Å². The number of ether oxygens (including phenoxy) is 1. The van der Waals surface area contributed by atoms with Crippen molar-refractivity contribution in [3.8, 4) is 0 Å². The van der Waals surface area contributed by atoms with E-state index in [0.717, 1.165) is 45.3 Å². The van der Waals surface area contributed by atoms with Gasteiger partial charge in [-0.1, -0.05) is 20.3 Å². The molecule has 1 saturated heterocycles. The number of hydrogen-bond donors (Lipinski definition) is 2. The second-order valence-corrected chi connectivity index (χ2v) is 5.65. The van der Waals surface area contributed by atoms with Crippen molar-refractivity contribution in [2.45, 2.75) is 52.6 Å². The van der Waals surface area contributed by atoms with Crippen LogP contribution < -0.4 is 10.6 Å². The zero-order valence-corrected chi connectivity index (χ0v) is 13.3. The minimum Gasteiger partial charge on any atom is -0.369 e. The summed E-state index contributed by atoms with van der Waals surface area (Å²) in [6.07, 6.45) is 4.03. The van der Waals surface area contributed by atoms with Gasteiger partial charge in [0.05, 0.1) is 0 Å². The highest BCUT2D eigenvalue weighted by Gasteiger charge is 2.27. The van der Waals surface area contributed by atoms with Crippen molar-refractivity contribution in [2.24, 2.45) is 5.41 Å². The van der Waals surface area contributed by atoms with Crippen LogP contribution in [-0.2, 0) is 9.53 Å². The number of hydrogen-bond acceptors (Lipinski definition) is 3. The summed E-state index contributed by atoms with van der Waals surface area (Å²) < 4.78 is 5.49. The van der Waals surface area contributed by atoms with Crippen molar-refractivity contribution < 1.29 is 9.53 Å². The normalized spacial score (nSPS) is 19.3. The lowest BCUT2D eigenvalue weighted by molar-refractivity contribution is -0.132. The molecule has 0 aromatic rings. The zero-order chi connectivity index (χ0) is 13.4. The minimum absolute atomic E-state index is 0. The third kappa shape index (κ3) is 7.14. The maximum atomic E-state index is 11.9. The third-order valence-electron chi connectivity index (χ3n) is 3.74. The number of halogens is 1. The second-order valence-electron chi connectivity index (χ2n) is 5.65. The quantitative estimate of drug-likeness (QED) is 0.707. The van der Waals surface area contributed by atoms with Crippen LogP contribution in [0.25, 0.3) is 0 Å². The Morgan fingerprint density at radius 1 is 1.42 bits per heavy atom. The third-order valence-corrected chi connectivity index (χ3v) is 3.74. The number of nitrogens with one attached hydrogen (secondary N) is 2. The standard InChI is InChI=1S/C14H28N2O2.ClH/c1-4-5-10-18-12(2)13(17)16-11-14(3)6-8-15-9-7-14;/h12,15H,4-11H2,1-3H3,(H,16,17);1H. The molecule has 114 valence electrons. The molecule has 1 atom stereocenters. The molecule has 1 fully saturated rings. The average Bonchev–Trinajstić information content (AvgIpc) is 2.37. The Bertz CT molecular complexity index is 256. The van der Waals surface area contributed by atoms with Crippen LogP contribution in [0, 0.1) is 5.41 Å². The molecule has 0 aliphatic carbocycles. The summed E-state index contributed by atoms with van der Waals surface area (Å²) in [5, 5.41) is 6.38. The highest BCUT2D eigenvalue weighted by Crippen LogP contribution is 2.26. The van der Waals surface area contributed by atoms with Gasteiger partial charge >= 0.3 is 0 Å². The van der Waals surface area contributed by atoms with E-state index in [0.29, 0.717) is 6.61 Å². The lowest BCUT2D eigenvalue weighted by Crippen LogP contribution is -2.45. The first kappa shape index (κ1) is 18.7. The smallest absolute Gasteiger partial charge is 0.248 e. The monoisotopic (exact) mass is 292 g/mol. The molecule has 5 heteroatoms. The molecule has 0 bridgehead atoms. The Balaban J connectivity index is 0.00000324. The second kappa shape index (κ2) is 9.56. The maximum absolute atomic E-state index is 11.9. The molecule has 1 aliphatic rings. The molecule has 1 unspecified atom stereocenters. The van der Waals surface area contributed by atoms with Gasteiger partial charge in [0, 0.05) is 13.2 Å². The van der Waals surface area contributed by atoms with E-state index in [1.54, 1.807) is 0 Å². The van der Waals surface area contributed by atoms with Crippen LogP contribution in [0.5, 0.6) is 0 Å². The summed E-state index contributed by atoms with van der Waals surface area (Å²) in [5.74, 6) is 0.0193. The van der Waals surface area contributed by atoms with E-state index in [1.807, 2.05) is 6.92 Å². The van der Waals surface area contributed by atoms with Gasteiger partial charge in [-0.3, -0.25) is 4.79 Å². The number of carbonyl (C=O) groups excluding carboxylic acids is 1. The van der Waals surface area contributed by atoms with Crippen LogP contribution in [0.15, 0.2) is 0 Å². The predicted octanol–water partition coefficient (Wildman–Crippen LogP) is 2.12. The van der Waals surface area contributed by atoms with E-state index in [4.69, 9.17) is 4.74 Å². The van der Waals surface area contributed by atoms with E-state index in [1.165, 1.54) is 0 Å². The predicted molar refractivity (Wildman–Crippen MR) is 80.8 cm³/mol. The Morgan fingerprint density at radius 3 is 2.63 bits per heavy atom. The van der Waals surface area contributed by atoms with Crippen LogP contribution in [-0.4, -0.2) is 38.3 Å². The van der Waals surface area contributed by atoms with Crippen molar-refractivity contribution >= 4 is 18.3 Å². The zero-order valence-electron chi connectivity index (χ0n) is 12.5. The van der Waals surface area contributed by atoms with E-state index >= 15 is 0 Å². The number of piperidine rings is 1. The van der Waals surface area contributed by atoms with Crippen LogP contribution in [0.1, 0.15) is 46.5 Å². The molecule has 0 aromatic carbocycles. The lowest BCUT2D eigenvalue weighted by atomic mass is 9.81. The SMILES string of the molecule is CCCCOC(C)C(=O)NCC1(C)CCNCC1.Cl. The van der Waals surface area contributed by atoms with Gasteiger partial charge in [0.25, 0.3) is 0 Å². The summed E-state index contributed by atoms with van der Waals surface area (Å²) in [5.41, 5.74) is 0.240. The van der Waals surface area contributed by atoms with Crippen LogP contribution in [0.4, 0.5) is 0 Å². The lowest BCUT2D eigenvalue weighted by Gasteiger charge is -2.34. The molecule has 1 heterocycles. The summed E-state index contributed by atoms with van der Waals surface area (Å²) in [6.45, 7) is 9.73. The minimum atomic E-state index is -0.332.